The summed E-state index contributed by atoms with van der Waals surface area (Å²) < 4.78 is 0. The van der Waals surface area contributed by atoms with E-state index < -0.39 is 0 Å². The summed E-state index contributed by atoms with van der Waals surface area (Å²) in [4.78, 5) is 4.71. The van der Waals surface area contributed by atoms with Gasteiger partial charge in [0.15, 0.2) is 0 Å². The summed E-state index contributed by atoms with van der Waals surface area (Å²) in [5, 5.41) is 0. The lowest BCUT2D eigenvalue weighted by molar-refractivity contribution is 0.536. The molecule has 0 spiro atoms. The van der Waals surface area contributed by atoms with Crippen molar-refractivity contribution in [1.29, 1.82) is 0 Å². The minimum Gasteiger partial charge on any atom is -0.289 e. The topological polar surface area (TPSA) is 12.4 Å². The van der Waals surface area contributed by atoms with E-state index >= 15 is 0 Å². The van der Waals surface area contributed by atoms with Crippen molar-refractivity contribution in [2.75, 3.05) is 6.54 Å². The van der Waals surface area contributed by atoms with Gasteiger partial charge in [0.1, 0.15) is 0 Å². The lowest BCUT2D eigenvalue weighted by Gasteiger charge is -2.03. The van der Waals surface area contributed by atoms with Gasteiger partial charge in [0, 0.05) is 12.3 Å². The molecule has 0 heterocycles. The summed E-state index contributed by atoms with van der Waals surface area (Å²) in [5.41, 5.74) is 2.43. The molecule has 0 N–H and O–H groups in total. The first kappa shape index (κ1) is 21.9. The molecule has 25 heavy (non-hydrogen) atoms. The van der Waals surface area contributed by atoms with Crippen LogP contribution in [0.25, 0.3) is 0 Å². The molecule has 0 aliphatic heterocycles. The zero-order chi connectivity index (χ0) is 18.0. The molecule has 0 bridgehead atoms. The fourth-order valence-electron chi connectivity index (χ4n) is 3.32. The van der Waals surface area contributed by atoms with E-state index in [4.69, 9.17) is 4.99 Å². The van der Waals surface area contributed by atoms with Crippen molar-refractivity contribution in [1.82, 2.24) is 0 Å². The van der Waals surface area contributed by atoms with Gasteiger partial charge < -0.3 is 0 Å². The van der Waals surface area contributed by atoms with Crippen molar-refractivity contribution in [3.63, 3.8) is 0 Å². The Kier molecular flexibility index (Phi) is 14.4. The van der Waals surface area contributed by atoms with Crippen LogP contribution >= 0.6 is 0 Å². The van der Waals surface area contributed by atoms with Gasteiger partial charge in [-0.3, -0.25) is 4.99 Å². The molecule has 0 atom stereocenters. The molecule has 1 rings (SSSR count). The van der Waals surface area contributed by atoms with E-state index in [-0.39, 0.29) is 0 Å². The van der Waals surface area contributed by atoms with Gasteiger partial charge in [0.25, 0.3) is 0 Å². The van der Waals surface area contributed by atoms with Crippen LogP contribution < -0.4 is 0 Å². The first-order valence-corrected chi connectivity index (χ1v) is 10.9. The SMILES string of the molecule is CCCCCCCCCCCCCCCCN=C(C)c1ccccc1. The Hall–Kier alpha value is -1.11. The summed E-state index contributed by atoms with van der Waals surface area (Å²) in [6, 6.07) is 10.5. The van der Waals surface area contributed by atoms with E-state index in [1.165, 1.54) is 101 Å². The minimum atomic E-state index is 0.985. The summed E-state index contributed by atoms with van der Waals surface area (Å²) in [6.45, 7) is 5.40. The fraction of sp³-hybridized carbons (Fsp3) is 0.708. The average molecular weight is 344 g/mol. The standard InChI is InChI=1S/C24H41N/c1-3-4-5-6-7-8-9-10-11-12-13-14-15-19-22-25-23(2)24-20-17-16-18-21-24/h16-18,20-21H,3-15,19,22H2,1-2H3. The highest BCUT2D eigenvalue weighted by Crippen LogP contribution is 2.13. The maximum atomic E-state index is 4.71. The van der Waals surface area contributed by atoms with Crippen molar-refractivity contribution < 1.29 is 0 Å². The summed E-state index contributed by atoms with van der Waals surface area (Å²) in [5.74, 6) is 0. The smallest absolute Gasteiger partial charge is 0.0392 e. The number of aliphatic imine (C=N–C) groups is 1. The van der Waals surface area contributed by atoms with E-state index in [1.54, 1.807) is 0 Å². The lowest BCUT2D eigenvalue weighted by Crippen LogP contribution is -1.96. The highest BCUT2D eigenvalue weighted by Gasteiger charge is 1.96. The van der Waals surface area contributed by atoms with Crippen LogP contribution in [-0.2, 0) is 0 Å². The van der Waals surface area contributed by atoms with Crippen LogP contribution in [0.1, 0.15) is 109 Å². The second-order valence-corrected chi connectivity index (χ2v) is 7.43. The van der Waals surface area contributed by atoms with E-state index in [9.17, 15) is 0 Å². The Bertz CT molecular complexity index is 421. The van der Waals surface area contributed by atoms with Gasteiger partial charge in [0.05, 0.1) is 0 Å². The molecule has 0 saturated carbocycles. The molecule has 0 radical (unpaired) electrons. The van der Waals surface area contributed by atoms with Crippen molar-refractivity contribution in [3.05, 3.63) is 35.9 Å². The second-order valence-electron chi connectivity index (χ2n) is 7.43. The monoisotopic (exact) mass is 343 g/mol. The number of nitrogens with zero attached hydrogens (tertiary/aromatic N) is 1. The predicted octanol–water partition coefficient (Wildman–Crippen LogP) is 7.98. The molecule has 0 aliphatic rings. The van der Waals surface area contributed by atoms with Crippen LogP contribution in [0.5, 0.6) is 0 Å². The van der Waals surface area contributed by atoms with Gasteiger partial charge in [-0.15, -0.1) is 0 Å². The van der Waals surface area contributed by atoms with Gasteiger partial charge >= 0.3 is 0 Å². The molecule has 0 aliphatic carbocycles. The van der Waals surface area contributed by atoms with Crippen LogP contribution in [0.4, 0.5) is 0 Å². The zero-order valence-corrected chi connectivity index (χ0v) is 16.9. The molecular weight excluding hydrogens is 302 g/mol. The first-order chi connectivity index (χ1) is 12.3. The fourth-order valence-corrected chi connectivity index (χ4v) is 3.32. The largest absolute Gasteiger partial charge is 0.289 e. The zero-order valence-electron chi connectivity index (χ0n) is 16.9. The van der Waals surface area contributed by atoms with E-state index in [2.05, 4.69) is 44.2 Å². The number of hydrogen-bond acceptors (Lipinski definition) is 1. The van der Waals surface area contributed by atoms with Gasteiger partial charge in [-0.25, -0.2) is 0 Å². The number of benzene rings is 1. The van der Waals surface area contributed by atoms with Gasteiger partial charge in [-0.1, -0.05) is 121 Å². The Morgan fingerprint density at radius 3 is 1.56 bits per heavy atom. The maximum absolute atomic E-state index is 4.71. The Balaban J connectivity index is 1.83. The molecule has 0 fully saturated rings. The third-order valence-corrected chi connectivity index (χ3v) is 5.05. The van der Waals surface area contributed by atoms with Gasteiger partial charge in [-0.2, -0.15) is 0 Å². The summed E-state index contributed by atoms with van der Waals surface area (Å²) in [7, 11) is 0. The predicted molar refractivity (Wildman–Crippen MR) is 114 cm³/mol. The van der Waals surface area contributed by atoms with Crippen LogP contribution in [-0.4, -0.2) is 12.3 Å². The van der Waals surface area contributed by atoms with Gasteiger partial charge in [0.2, 0.25) is 0 Å². The number of unbranched alkanes of at least 4 members (excludes halogenated alkanes) is 13. The Morgan fingerprint density at radius 1 is 0.640 bits per heavy atom. The molecular formula is C24H41N. The van der Waals surface area contributed by atoms with E-state index in [1.807, 2.05) is 0 Å². The highest BCUT2D eigenvalue weighted by atomic mass is 14.7. The highest BCUT2D eigenvalue weighted by molar-refractivity contribution is 5.98. The van der Waals surface area contributed by atoms with Crippen LogP contribution in [0, 0.1) is 0 Å². The summed E-state index contributed by atoms with van der Waals surface area (Å²) >= 11 is 0. The summed E-state index contributed by atoms with van der Waals surface area (Å²) in [6.07, 6.45) is 19.8. The third kappa shape index (κ3) is 12.8. The van der Waals surface area contributed by atoms with E-state index in [0.717, 1.165) is 6.54 Å². The Morgan fingerprint density at radius 2 is 1.08 bits per heavy atom. The average Bonchev–Trinajstić information content (AvgIpc) is 2.65. The van der Waals surface area contributed by atoms with Crippen molar-refractivity contribution >= 4 is 5.71 Å². The molecule has 0 saturated heterocycles. The van der Waals surface area contributed by atoms with Crippen LogP contribution in [0.15, 0.2) is 35.3 Å². The van der Waals surface area contributed by atoms with Crippen molar-refractivity contribution in [2.24, 2.45) is 4.99 Å². The Labute approximate surface area is 157 Å². The molecule has 1 heteroatoms. The van der Waals surface area contributed by atoms with Crippen LogP contribution in [0.2, 0.25) is 0 Å². The molecule has 0 amide bonds. The van der Waals surface area contributed by atoms with Crippen molar-refractivity contribution in [3.8, 4) is 0 Å². The van der Waals surface area contributed by atoms with Crippen LogP contribution in [0.3, 0.4) is 0 Å². The number of rotatable bonds is 16. The first-order valence-electron chi connectivity index (χ1n) is 10.9. The van der Waals surface area contributed by atoms with Gasteiger partial charge in [-0.05, 0) is 18.9 Å². The number of hydrogen-bond donors (Lipinski definition) is 0. The minimum absolute atomic E-state index is 0.985. The molecule has 0 unspecified atom stereocenters. The quantitative estimate of drug-likeness (QED) is 0.213. The third-order valence-electron chi connectivity index (χ3n) is 5.05. The molecule has 1 nitrogen and oxygen atoms in total. The molecule has 1 aromatic rings. The second kappa shape index (κ2) is 16.4. The molecule has 142 valence electrons. The molecule has 1 aromatic carbocycles. The van der Waals surface area contributed by atoms with E-state index in [0.29, 0.717) is 0 Å². The molecule has 0 aromatic heterocycles. The van der Waals surface area contributed by atoms with Crippen molar-refractivity contribution in [2.45, 2.75) is 104 Å². The normalized spacial score (nSPS) is 11.8. The lowest BCUT2D eigenvalue weighted by atomic mass is 10.0. The maximum Gasteiger partial charge on any atom is 0.0392 e.